The number of hydrogen-bond acceptors (Lipinski definition) is 3. The van der Waals surface area contributed by atoms with Gasteiger partial charge in [0.2, 0.25) is 0 Å². The Morgan fingerprint density at radius 3 is 2.39 bits per heavy atom. The van der Waals surface area contributed by atoms with E-state index in [1.165, 1.54) is 0 Å². The van der Waals surface area contributed by atoms with Gasteiger partial charge in [0.25, 0.3) is 0 Å². The summed E-state index contributed by atoms with van der Waals surface area (Å²) in [5.41, 5.74) is 2.08. The third-order valence-electron chi connectivity index (χ3n) is 2.74. The molecule has 0 amide bonds. The second-order valence-corrected chi connectivity index (χ2v) is 9.06. The highest BCUT2D eigenvalue weighted by molar-refractivity contribution is 9.10. The Hall–Kier alpha value is -0.550. The van der Waals surface area contributed by atoms with E-state index in [4.69, 9.17) is 0 Å². The van der Waals surface area contributed by atoms with Gasteiger partial charge in [-0.3, -0.25) is 0 Å². The van der Waals surface area contributed by atoms with Crippen molar-refractivity contribution in [1.29, 1.82) is 0 Å². The highest BCUT2D eigenvalue weighted by Crippen LogP contribution is 2.23. The summed E-state index contributed by atoms with van der Waals surface area (Å²) in [6, 6.07) is 5.94. The molecule has 0 saturated carbocycles. The van der Waals surface area contributed by atoms with Crippen molar-refractivity contribution < 1.29 is 8.42 Å². The van der Waals surface area contributed by atoms with Crippen LogP contribution in [-0.4, -0.2) is 25.5 Å². The van der Waals surface area contributed by atoms with Crippen LogP contribution in [0.2, 0.25) is 0 Å². The van der Waals surface area contributed by atoms with Crippen LogP contribution in [0.3, 0.4) is 0 Å². The second kappa shape index (κ2) is 5.61. The van der Waals surface area contributed by atoms with Gasteiger partial charge in [-0.1, -0.05) is 6.07 Å². The number of sulfone groups is 1. The molecule has 1 aromatic rings. The minimum absolute atomic E-state index is 0.136. The molecular formula is C13H20BrNO2S. The lowest BCUT2D eigenvalue weighted by Gasteiger charge is -2.19. The van der Waals surface area contributed by atoms with Crippen molar-refractivity contribution in [1.82, 2.24) is 0 Å². The molecule has 0 spiro atoms. The zero-order valence-electron chi connectivity index (χ0n) is 11.2. The van der Waals surface area contributed by atoms with Gasteiger partial charge in [-0.25, -0.2) is 8.42 Å². The van der Waals surface area contributed by atoms with E-state index < -0.39 is 14.6 Å². The van der Waals surface area contributed by atoms with Gasteiger partial charge >= 0.3 is 0 Å². The summed E-state index contributed by atoms with van der Waals surface area (Å²) in [5.74, 6) is 0.136. The molecule has 0 unspecified atom stereocenters. The van der Waals surface area contributed by atoms with Crippen LogP contribution in [0.1, 0.15) is 26.3 Å². The van der Waals surface area contributed by atoms with Crippen molar-refractivity contribution in [2.75, 3.05) is 17.6 Å². The molecule has 3 nitrogen and oxygen atoms in total. The molecule has 1 N–H and O–H groups in total. The molecule has 0 aliphatic carbocycles. The maximum absolute atomic E-state index is 11.9. The molecule has 0 saturated heterocycles. The number of halogens is 1. The fourth-order valence-corrected chi connectivity index (χ4v) is 3.01. The lowest BCUT2D eigenvalue weighted by molar-refractivity contribution is 0.560. The number of benzene rings is 1. The van der Waals surface area contributed by atoms with E-state index in [2.05, 4.69) is 21.2 Å². The fourth-order valence-electron chi connectivity index (χ4n) is 1.39. The van der Waals surface area contributed by atoms with Gasteiger partial charge in [-0.05, 0) is 61.3 Å². The molecule has 5 heteroatoms. The number of aryl methyl sites for hydroxylation is 1. The maximum Gasteiger partial charge on any atom is 0.156 e. The van der Waals surface area contributed by atoms with Gasteiger partial charge < -0.3 is 5.32 Å². The first-order chi connectivity index (χ1) is 8.13. The maximum atomic E-state index is 11.9. The Morgan fingerprint density at radius 2 is 1.89 bits per heavy atom. The van der Waals surface area contributed by atoms with Crippen LogP contribution < -0.4 is 5.32 Å². The highest BCUT2D eigenvalue weighted by atomic mass is 79.9. The summed E-state index contributed by atoms with van der Waals surface area (Å²) >= 11 is 3.46. The van der Waals surface area contributed by atoms with Crippen molar-refractivity contribution in [3.63, 3.8) is 0 Å². The van der Waals surface area contributed by atoms with Crippen molar-refractivity contribution in [2.24, 2.45) is 0 Å². The zero-order valence-corrected chi connectivity index (χ0v) is 13.7. The number of anilines is 1. The molecule has 0 heterocycles. The molecule has 0 atom stereocenters. The van der Waals surface area contributed by atoms with Crippen LogP contribution in [0.4, 0.5) is 5.69 Å². The average Bonchev–Trinajstić information content (AvgIpc) is 2.19. The Labute approximate surface area is 118 Å². The molecule has 0 radical (unpaired) electrons. The van der Waals surface area contributed by atoms with Crippen molar-refractivity contribution in [3.8, 4) is 0 Å². The van der Waals surface area contributed by atoms with Gasteiger partial charge in [-0.2, -0.15) is 0 Å². The summed E-state index contributed by atoms with van der Waals surface area (Å²) in [4.78, 5) is 0. The van der Waals surface area contributed by atoms with Crippen LogP contribution in [0.15, 0.2) is 22.7 Å². The zero-order chi connectivity index (χ0) is 14.0. The van der Waals surface area contributed by atoms with Gasteiger partial charge in [0.05, 0.1) is 10.5 Å². The molecule has 0 aliphatic heterocycles. The molecular weight excluding hydrogens is 314 g/mol. The third-order valence-corrected chi connectivity index (χ3v) is 6.01. The lowest BCUT2D eigenvalue weighted by atomic mass is 10.2. The predicted octanol–water partition coefficient (Wildman–Crippen LogP) is 3.38. The molecule has 102 valence electrons. The number of nitrogens with one attached hydrogen (secondary N) is 1. The molecule has 1 rings (SSSR count). The summed E-state index contributed by atoms with van der Waals surface area (Å²) in [5, 5.41) is 3.14. The van der Waals surface area contributed by atoms with Crippen LogP contribution in [0.5, 0.6) is 0 Å². The lowest BCUT2D eigenvalue weighted by Crippen LogP contribution is -2.32. The number of hydrogen-bond donors (Lipinski definition) is 1. The summed E-state index contributed by atoms with van der Waals surface area (Å²) in [6.45, 7) is 7.61. The van der Waals surface area contributed by atoms with Crippen molar-refractivity contribution in [2.45, 2.75) is 32.4 Å². The third kappa shape index (κ3) is 3.99. The Balaban J connectivity index is 2.63. The first kappa shape index (κ1) is 15.5. The molecule has 0 fully saturated rings. The van der Waals surface area contributed by atoms with Gasteiger partial charge in [0.1, 0.15) is 0 Å². The van der Waals surface area contributed by atoms with Crippen molar-refractivity contribution >= 4 is 31.5 Å². The Bertz CT molecular complexity index is 518. The van der Waals surface area contributed by atoms with E-state index in [1.807, 2.05) is 25.1 Å². The van der Waals surface area contributed by atoms with E-state index in [9.17, 15) is 8.42 Å². The number of rotatable bonds is 4. The predicted molar refractivity (Wildman–Crippen MR) is 80.9 cm³/mol. The molecule has 0 aliphatic rings. The average molecular weight is 334 g/mol. The van der Waals surface area contributed by atoms with Gasteiger partial charge in [0.15, 0.2) is 9.84 Å². The van der Waals surface area contributed by atoms with Crippen LogP contribution in [0, 0.1) is 6.92 Å². The smallest absolute Gasteiger partial charge is 0.156 e. The summed E-state index contributed by atoms with van der Waals surface area (Å²) in [7, 11) is -3.07. The van der Waals surface area contributed by atoms with E-state index >= 15 is 0 Å². The Morgan fingerprint density at radius 1 is 1.28 bits per heavy atom. The molecule has 0 aromatic heterocycles. The quantitative estimate of drug-likeness (QED) is 0.918. The minimum Gasteiger partial charge on any atom is -0.383 e. The van der Waals surface area contributed by atoms with Crippen LogP contribution in [-0.2, 0) is 9.84 Å². The molecule has 0 bridgehead atoms. The monoisotopic (exact) mass is 333 g/mol. The van der Waals surface area contributed by atoms with Gasteiger partial charge in [0, 0.05) is 16.7 Å². The van der Waals surface area contributed by atoms with Crippen molar-refractivity contribution in [3.05, 3.63) is 28.2 Å². The fraction of sp³-hybridized carbons (Fsp3) is 0.538. The van der Waals surface area contributed by atoms with Crippen LogP contribution in [0.25, 0.3) is 0 Å². The Kier molecular flexibility index (Phi) is 4.84. The van der Waals surface area contributed by atoms with Gasteiger partial charge in [-0.15, -0.1) is 0 Å². The van der Waals surface area contributed by atoms with E-state index in [-0.39, 0.29) is 5.75 Å². The first-order valence-corrected chi connectivity index (χ1v) is 8.30. The first-order valence-electron chi connectivity index (χ1n) is 5.86. The summed E-state index contributed by atoms with van der Waals surface area (Å²) in [6.07, 6.45) is 0. The summed E-state index contributed by atoms with van der Waals surface area (Å²) < 4.78 is 24.1. The topological polar surface area (TPSA) is 46.2 Å². The largest absolute Gasteiger partial charge is 0.383 e. The van der Waals surface area contributed by atoms with Crippen LogP contribution >= 0.6 is 15.9 Å². The normalized spacial score (nSPS) is 12.5. The second-order valence-electron chi connectivity index (χ2n) is 5.34. The highest BCUT2D eigenvalue weighted by Gasteiger charge is 2.28. The van der Waals surface area contributed by atoms with E-state index in [0.29, 0.717) is 6.54 Å². The standard InChI is InChI=1S/C13H20BrNO2S/c1-10-5-6-12(11(14)9-10)15-7-8-18(16,17)13(2,3)4/h5-6,9,15H,7-8H2,1-4H3. The van der Waals surface area contributed by atoms with E-state index in [1.54, 1.807) is 20.8 Å². The minimum atomic E-state index is -3.07. The molecule has 1 aromatic carbocycles. The van der Waals surface area contributed by atoms with E-state index in [0.717, 1.165) is 15.7 Å². The SMILES string of the molecule is Cc1ccc(NCCS(=O)(=O)C(C)(C)C)c(Br)c1. The molecule has 18 heavy (non-hydrogen) atoms.